The molecule has 18 heavy (non-hydrogen) atoms. The fourth-order valence-corrected chi connectivity index (χ4v) is 2.46. The monoisotopic (exact) mass is 252 g/mol. The summed E-state index contributed by atoms with van der Waals surface area (Å²) < 4.78 is 7.81. The van der Waals surface area contributed by atoms with Crippen molar-refractivity contribution in [3.05, 3.63) is 18.2 Å². The van der Waals surface area contributed by atoms with E-state index < -0.39 is 6.10 Å². The Morgan fingerprint density at radius 3 is 2.89 bits per heavy atom. The van der Waals surface area contributed by atoms with E-state index >= 15 is 0 Å². The molecule has 1 N–H and O–H groups in total. The molecule has 1 heterocycles. The molecule has 102 valence electrons. The molecule has 0 amide bonds. The zero-order chi connectivity index (χ0) is 13.0. The number of nitrogens with zero attached hydrogens (tertiary/aromatic N) is 2. The molecule has 1 aliphatic carbocycles. The summed E-state index contributed by atoms with van der Waals surface area (Å²) in [4.78, 5) is 4.34. The average Bonchev–Trinajstić information content (AvgIpc) is 3.10. The quantitative estimate of drug-likeness (QED) is 0.770. The number of aryl methyl sites for hydroxylation is 1. The Morgan fingerprint density at radius 1 is 1.50 bits per heavy atom. The summed E-state index contributed by atoms with van der Waals surface area (Å²) >= 11 is 0. The van der Waals surface area contributed by atoms with E-state index in [-0.39, 0.29) is 6.10 Å². The summed E-state index contributed by atoms with van der Waals surface area (Å²) in [5.41, 5.74) is 0. The largest absolute Gasteiger partial charge is 0.390 e. The van der Waals surface area contributed by atoms with Gasteiger partial charge in [-0.3, -0.25) is 0 Å². The van der Waals surface area contributed by atoms with Crippen LogP contribution in [0.3, 0.4) is 0 Å². The van der Waals surface area contributed by atoms with E-state index in [1.165, 1.54) is 12.8 Å². The maximum absolute atomic E-state index is 10.3. The molecule has 0 aromatic carbocycles. The molecular weight excluding hydrogens is 228 g/mol. The Hall–Kier alpha value is -0.870. The highest BCUT2D eigenvalue weighted by molar-refractivity contribution is 4.98. The third kappa shape index (κ3) is 3.33. The van der Waals surface area contributed by atoms with Crippen LogP contribution < -0.4 is 0 Å². The molecule has 1 aromatic rings. The summed E-state index contributed by atoms with van der Waals surface area (Å²) in [7, 11) is 0. The molecule has 1 aliphatic rings. The van der Waals surface area contributed by atoms with Gasteiger partial charge in [-0.05, 0) is 32.1 Å². The Balaban J connectivity index is 1.95. The van der Waals surface area contributed by atoms with Gasteiger partial charge in [-0.2, -0.15) is 0 Å². The first-order valence-electron chi connectivity index (χ1n) is 7.05. The van der Waals surface area contributed by atoms with Gasteiger partial charge in [0.05, 0.1) is 12.2 Å². The first-order chi connectivity index (χ1) is 8.76. The highest BCUT2D eigenvalue weighted by atomic mass is 16.5. The number of hydrogen-bond donors (Lipinski definition) is 1. The van der Waals surface area contributed by atoms with Crippen molar-refractivity contribution in [2.45, 2.75) is 58.3 Å². The van der Waals surface area contributed by atoms with Crippen molar-refractivity contribution in [2.75, 3.05) is 6.61 Å². The molecule has 0 radical (unpaired) electrons. The second-order valence-electron chi connectivity index (χ2n) is 5.07. The lowest BCUT2D eigenvalue weighted by atomic mass is 10.1. The van der Waals surface area contributed by atoms with Crippen molar-refractivity contribution in [2.24, 2.45) is 5.92 Å². The lowest BCUT2D eigenvalue weighted by Gasteiger charge is -2.22. The van der Waals surface area contributed by atoms with Crippen LogP contribution in [0.1, 0.15) is 38.9 Å². The molecule has 1 aromatic heterocycles. The summed E-state index contributed by atoms with van der Waals surface area (Å²) in [6.45, 7) is 5.76. The van der Waals surface area contributed by atoms with E-state index in [4.69, 9.17) is 4.74 Å². The van der Waals surface area contributed by atoms with Gasteiger partial charge in [0, 0.05) is 32.0 Å². The van der Waals surface area contributed by atoms with Crippen molar-refractivity contribution in [3.63, 3.8) is 0 Å². The standard InChI is InChI=1S/C14H24N2O2/c1-3-8-16-9-7-15-13(16)10-12(17)14(18-4-2)11-5-6-11/h7,9,11-12,14,17H,3-6,8,10H2,1-2H3. The van der Waals surface area contributed by atoms with E-state index in [9.17, 15) is 5.11 Å². The van der Waals surface area contributed by atoms with E-state index in [1.807, 2.05) is 19.3 Å². The zero-order valence-corrected chi connectivity index (χ0v) is 11.4. The molecule has 1 fully saturated rings. The molecule has 2 rings (SSSR count). The number of hydrogen-bond acceptors (Lipinski definition) is 3. The predicted molar refractivity (Wildman–Crippen MR) is 70.4 cm³/mol. The molecule has 0 aliphatic heterocycles. The Kier molecular flexibility index (Phi) is 4.78. The Labute approximate surface area is 109 Å². The van der Waals surface area contributed by atoms with Crippen LogP contribution >= 0.6 is 0 Å². The second kappa shape index (κ2) is 6.34. The van der Waals surface area contributed by atoms with Gasteiger partial charge in [0.2, 0.25) is 0 Å². The zero-order valence-electron chi connectivity index (χ0n) is 11.4. The van der Waals surface area contributed by atoms with Gasteiger partial charge in [-0.25, -0.2) is 4.98 Å². The minimum absolute atomic E-state index is 0.0122. The average molecular weight is 252 g/mol. The third-order valence-electron chi connectivity index (χ3n) is 3.48. The Morgan fingerprint density at radius 2 is 2.28 bits per heavy atom. The maximum Gasteiger partial charge on any atom is 0.111 e. The van der Waals surface area contributed by atoms with Crippen molar-refractivity contribution in [1.29, 1.82) is 0 Å². The van der Waals surface area contributed by atoms with Gasteiger partial charge in [0.1, 0.15) is 5.82 Å². The molecule has 1 saturated carbocycles. The number of aliphatic hydroxyl groups is 1. The highest BCUT2D eigenvalue weighted by Gasteiger charge is 2.36. The molecule has 2 unspecified atom stereocenters. The topological polar surface area (TPSA) is 47.3 Å². The lowest BCUT2D eigenvalue weighted by Crippen LogP contribution is -2.33. The van der Waals surface area contributed by atoms with Crippen molar-refractivity contribution in [3.8, 4) is 0 Å². The molecule has 0 spiro atoms. The van der Waals surface area contributed by atoms with E-state index in [0.717, 1.165) is 18.8 Å². The van der Waals surface area contributed by atoms with Crippen molar-refractivity contribution < 1.29 is 9.84 Å². The fraction of sp³-hybridized carbons (Fsp3) is 0.786. The molecule has 0 saturated heterocycles. The molecule has 0 bridgehead atoms. The number of aromatic nitrogens is 2. The summed E-state index contributed by atoms with van der Waals surface area (Å²) in [5, 5.41) is 10.3. The third-order valence-corrected chi connectivity index (χ3v) is 3.48. The fourth-order valence-electron chi connectivity index (χ4n) is 2.46. The smallest absolute Gasteiger partial charge is 0.111 e. The minimum atomic E-state index is -0.435. The van der Waals surface area contributed by atoms with Gasteiger partial charge in [-0.1, -0.05) is 6.92 Å². The van der Waals surface area contributed by atoms with Gasteiger partial charge < -0.3 is 14.4 Å². The van der Waals surface area contributed by atoms with Gasteiger partial charge in [0.15, 0.2) is 0 Å². The molecule has 4 heteroatoms. The molecular formula is C14H24N2O2. The summed E-state index contributed by atoms with van der Waals surface area (Å²) in [6.07, 6.45) is 7.39. The van der Waals surface area contributed by atoms with Gasteiger partial charge in [0.25, 0.3) is 0 Å². The number of imidazole rings is 1. The number of rotatable bonds is 8. The van der Waals surface area contributed by atoms with E-state index in [1.54, 1.807) is 0 Å². The van der Waals surface area contributed by atoms with Crippen molar-refractivity contribution >= 4 is 0 Å². The van der Waals surface area contributed by atoms with Crippen LogP contribution in [0.5, 0.6) is 0 Å². The van der Waals surface area contributed by atoms with Gasteiger partial charge in [-0.15, -0.1) is 0 Å². The summed E-state index contributed by atoms with van der Waals surface area (Å²) in [5.74, 6) is 1.52. The first-order valence-corrected chi connectivity index (χ1v) is 7.05. The van der Waals surface area contributed by atoms with Crippen LogP contribution in [0.2, 0.25) is 0 Å². The Bertz CT molecular complexity index is 360. The van der Waals surface area contributed by atoms with Crippen LogP contribution in [0.4, 0.5) is 0 Å². The van der Waals surface area contributed by atoms with E-state index in [0.29, 0.717) is 18.9 Å². The van der Waals surface area contributed by atoms with Crippen LogP contribution in [-0.4, -0.2) is 33.5 Å². The highest BCUT2D eigenvalue weighted by Crippen LogP contribution is 2.36. The number of ether oxygens (including phenoxy) is 1. The lowest BCUT2D eigenvalue weighted by molar-refractivity contribution is -0.0449. The van der Waals surface area contributed by atoms with Crippen molar-refractivity contribution in [1.82, 2.24) is 9.55 Å². The van der Waals surface area contributed by atoms with Gasteiger partial charge >= 0.3 is 0 Å². The minimum Gasteiger partial charge on any atom is -0.390 e. The SMILES string of the molecule is CCCn1ccnc1CC(O)C(OCC)C1CC1. The summed E-state index contributed by atoms with van der Waals surface area (Å²) in [6, 6.07) is 0. The first kappa shape index (κ1) is 13.6. The number of aliphatic hydroxyl groups excluding tert-OH is 1. The van der Waals surface area contributed by atoms with Crippen LogP contribution in [0.15, 0.2) is 12.4 Å². The maximum atomic E-state index is 10.3. The molecule has 2 atom stereocenters. The van der Waals surface area contributed by atoms with Crippen LogP contribution in [0, 0.1) is 5.92 Å². The normalized spacial score (nSPS) is 18.8. The van der Waals surface area contributed by atoms with Crippen LogP contribution in [0.25, 0.3) is 0 Å². The molecule has 4 nitrogen and oxygen atoms in total. The predicted octanol–water partition coefficient (Wildman–Crippen LogP) is 2.01. The second-order valence-corrected chi connectivity index (χ2v) is 5.07. The van der Waals surface area contributed by atoms with E-state index in [2.05, 4.69) is 16.5 Å². The van der Waals surface area contributed by atoms with Crippen LogP contribution in [-0.2, 0) is 17.7 Å².